The van der Waals surface area contributed by atoms with Gasteiger partial charge in [0.25, 0.3) is 5.91 Å². The fourth-order valence-corrected chi connectivity index (χ4v) is 3.59. The van der Waals surface area contributed by atoms with Crippen molar-refractivity contribution in [1.29, 1.82) is 0 Å². The number of aromatic amines is 2. The average molecular weight is 441 g/mol. The molecule has 0 aromatic carbocycles. The normalized spacial score (nSPS) is 12.2. The fraction of sp³-hybridized carbons (Fsp3) is 0.217. The topological polar surface area (TPSA) is 137 Å². The molecule has 0 bridgehead atoms. The van der Waals surface area contributed by atoms with Gasteiger partial charge in [-0.05, 0) is 31.5 Å². The van der Waals surface area contributed by atoms with Gasteiger partial charge in [-0.15, -0.1) is 0 Å². The van der Waals surface area contributed by atoms with E-state index in [2.05, 4.69) is 59.6 Å². The summed E-state index contributed by atoms with van der Waals surface area (Å²) in [5.41, 5.74) is 4.71. The van der Waals surface area contributed by atoms with Crippen molar-refractivity contribution in [2.45, 2.75) is 26.3 Å². The molecule has 0 aliphatic rings. The third kappa shape index (κ3) is 3.75. The van der Waals surface area contributed by atoms with Crippen LogP contribution in [0.2, 0.25) is 0 Å². The summed E-state index contributed by atoms with van der Waals surface area (Å²) >= 11 is 0. The van der Waals surface area contributed by atoms with E-state index in [0.717, 1.165) is 28.8 Å². The maximum Gasteiger partial charge on any atom is 0.254 e. The highest BCUT2D eigenvalue weighted by atomic mass is 16.1. The zero-order chi connectivity index (χ0) is 22.9. The molecule has 5 heterocycles. The van der Waals surface area contributed by atoms with E-state index < -0.39 is 0 Å². The van der Waals surface area contributed by atoms with Crippen LogP contribution in [0, 0.1) is 0 Å². The Hall–Kier alpha value is -4.34. The molecule has 4 N–H and O–H groups in total. The maximum absolute atomic E-state index is 12.2. The minimum absolute atomic E-state index is 0.247. The largest absolute Gasteiger partial charge is 0.368 e. The molecule has 10 nitrogen and oxygen atoms in total. The highest BCUT2D eigenvalue weighted by Gasteiger charge is 2.18. The standard InChI is InChI=1S/C23H23N9O/c1-4-12(2)28-18-6-5-13(8-26-18)14-7-15-20(31-32-21(15)27-9-14)22-29-17-11-25-10-16(19(17)30-22)23(33)24-3/h5-12H,4H2,1-3H3,(H,24,33)(H,26,28)(H,29,30)(H,27,31,32). The van der Waals surface area contributed by atoms with E-state index in [1.807, 2.05) is 24.4 Å². The Labute approximate surface area is 189 Å². The van der Waals surface area contributed by atoms with Crippen LogP contribution in [-0.2, 0) is 0 Å². The number of imidazole rings is 1. The van der Waals surface area contributed by atoms with Crippen molar-refractivity contribution in [2.75, 3.05) is 12.4 Å². The average Bonchev–Trinajstić information content (AvgIpc) is 3.47. The molecule has 5 rings (SSSR count). The molecule has 5 aromatic heterocycles. The number of hydrogen-bond donors (Lipinski definition) is 4. The number of hydrogen-bond acceptors (Lipinski definition) is 7. The van der Waals surface area contributed by atoms with E-state index in [1.165, 1.54) is 6.20 Å². The van der Waals surface area contributed by atoms with Crippen LogP contribution in [0.25, 0.3) is 44.7 Å². The van der Waals surface area contributed by atoms with E-state index in [9.17, 15) is 4.79 Å². The highest BCUT2D eigenvalue weighted by Crippen LogP contribution is 2.29. The number of H-pyrrole nitrogens is 2. The van der Waals surface area contributed by atoms with Gasteiger partial charge in [-0.3, -0.25) is 14.9 Å². The van der Waals surface area contributed by atoms with Gasteiger partial charge in [-0.1, -0.05) is 6.92 Å². The summed E-state index contributed by atoms with van der Waals surface area (Å²) in [4.78, 5) is 33.2. The van der Waals surface area contributed by atoms with Gasteiger partial charge >= 0.3 is 0 Å². The number of nitrogens with one attached hydrogen (secondary N) is 4. The zero-order valence-electron chi connectivity index (χ0n) is 18.5. The monoisotopic (exact) mass is 441 g/mol. The fourth-order valence-electron chi connectivity index (χ4n) is 3.59. The first kappa shape index (κ1) is 20.6. The van der Waals surface area contributed by atoms with E-state index in [0.29, 0.717) is 39.8 Å². The Balaban J connectivity index is 1.54. The third-order valence-corrected chi connectivity index (χ3v) is 5.62. The summed E-state index contributed by atoms with van der Waals surface area (Å²) < 4.78 is 0. The molecule has 0 aliphatic heterocycles. The van der Waals surface area contributed by atoms with Gasteiger partial charge in [0.2, 0.25) is 0 Å². The van der Waals surface area contributed by atoms with Gasteiger partial charge in [-0.2, -0.15) is 5.10 Å². The molecule has 1 atom stereocenters. The number of amides is 1. The summed E-state index contributed by atoms with van der Waals surface area (Å²) in [7, 11) is 1.58. The SMILES string of the molecule is CCC(C)Nc1ccc(-c2cnc3n[nH]c(-c4nc5c(C(=O)NC)cncc5[nH]4)c3c2)cn1. The molecule has 1 unspecified atom stereocenters. The van der Waals surface area contributed by atoms with E-state index in [4.69, 9.17) is 0 Å². The number of anilines is 1. The Morgan fingerprint density at radius 2 is 1.97 bits per heavy atom. The van der Waals surface area contributed by atoms with Gasteiger partial charge < -0.3 is 15.6 Å². The Morgan fingerprint density at radius 3 is 2.73 bits per heavy atom. The van der Waals surface area contributed by atoms with Crippen LogP contribution >= 0.6 is 0 Å². The molecule has 33 heavy (non-hydrogen) atoms. The summed E-state index contributed by atoms with van der Waals surface area (Å²) in [5, 5.41) is 14.1. The second-order valence-electron chi connectivity index (χ2n) is 7.83. The predicted octanol–water partition coefficient (Wildman–Crippen LogP) is 3.53. The molecule has 1 amide bonds. The number of aromatic nitrogens is 7. The van der Waals surface area contributed by atoms with Crippen LogP contribution in [0.5, 0.6) is 0 Å². The van der Waals surface area contributed by atoms with Crippen LogP contribution in [0.1, 0.15) is 30.6 Å². The lowest BCUT2D eigenvalue weighted by atomic mass is 10.1. The minimum atomic E-state index is -0.247. The van der Waals surface area contributed by atoms with Crippen LogP contribution in [0.3, 0.4) is 0 Å². The van der Waals surface area contributed by atoms with Crippen molar-refractivity contribution in [3.05, 3.63) is 48.5 Å². The van der Waals surface area contributed by atoms with Crippen LogP contribution in [0.4, 0.5) is 5.82 Å². The molecule has 5 aromatic rings. The lowest BCUT2D eigenvalue weighted by Gasteiger charge is -2.12. The van der Waals surface area contributed by atoms with Crippen molar-refractivity contribution in [3.8, 4) is 22.6 Å². The first-order valence-electron chi connectivity index (χ1n) is 10.7. The van der Waals surface area contributed by atoms with Crippen LogP contribution in [0.15, 0.2) is 43.0 Å². The molecular formula is C23H23N9O. The van der Waals surface area contributed by atoms with Crippen molar-refractivity contribution in [2.24, 2.45) is 0 Å². The van der Waals surface area contributed by atoms with Crippen LogP contribution in [-0.4, -0.2) is 54.1 Å². The molecule has 0 fully saturated rings. The smallest absolute Gasteiger partial charge is 0.254 e. The summed E-state index contributed by atoms with van der Waals surface area (Å²) in [6.45, 7) is 4.26. The molecule has 0 spiro atoms. The second kappa shape index (κ2) is 8.30. The number of carbonyl (C=O) groups excluding carboxylic acids is 1. The molecule has 0 radical (unpaired) electrons. The first-order valence-corrected chi connectivity index (χ1v) is 10.7. The van der Waals surface area contributed by atoms with Gasteiger partial charge in [0.1, 0.15) is 17.0 Å². The minimum Gasteiger partial charge on any atom is -0.368 e. The van der Waals surface area contributed by atoms with Crippen molar-refractivity contribution >= 4 is 33.8 Å². The Kier molecular flexibility index (Phi) is 5.17. The molecule has 0 saturated carbocycles. The van der Waals surface area contributed by atoms with Gasteiger partial charge in [0, 0.05) is 42.8 Å². The molecule has 0 saturated heterocycles. The molecule has 10 heteroatoms. The zero-order valence-corrected chi connectivity index (χ0v) is 18.5. The second-order valence-corrected chi connectivity index (χ2v) is 7.83. The number of pyridine rings is 3. The van der Waals surface area contributed by atoms with Crippen molar-refractivity contribution in [3.63, 3.8) is 0 Å². The lowest BCUT2D eigenvalue weighted by Crippen LogP contribution is -2.18. The molecular weight excluding hydrogens is 418 g/mol. The quantitative estimate of drug-likeness (QED) is 0.316. The summed E-state index contributed by atoms with van der Waals surface area (Å²) in [6.07, 6.45) is 7.77. The third-order valence-electron chi connectivity index (χ3n) is 5.62. The first-order chi connectivity index (χ1) is 16.1. The van der Waals surface area contributed by atoms with Gasteiger partial charge in [-0.25, -0.2) is 15.0 Å². The maximum atomic E-state index is 12.2. The van der Waals surface area contributed by atoms with Crippen LogP contribution < -0.4 is 10.6 Å². The van der Waals surface area contributed by atoms with E-state index >= 15 is 0 Å². The molecule has 166 valence electrons. The van der Waals surface area contributed by atoms with Gasteiger partial charge in [0.15, 0.2) is 11.5 Å². The summed E-state index contributed by atoms with van der Waals surface area (Å²) in [6, 6.07) is 6.35. The Bertz CT molecular complexity index is 1450. The number of fused-ring (bicyclic) bond motifs is 2. The van der Waals surface area contributed by atoms with Crippen molar-refractivity contribution in [1.82, 2.24) is 40.4 Å². The molecule has 0 aliphatic carbocycles. The number of carbonyl (C=O) groups is 1. The number of nitrogens with zero attached hydrogens (tertiary/aromatic N) is 5. The van der Waals surface area contributed by atoms with Gasteiger partial charge in [0.05, 0.1) is 22.7 Å². The van der Waals surface area contributed by atoms with E-state index in [1.54, 1.807) is 19.4 Å². The summed E-state index contributed by atoms with van der Waals surface area (Å²) in [5.74, 6) is 1.15. The van der Waals surface area contributed by atoms with E-state index in [-0.39, 0.29) is 5.91 Å². The highest BCUT2D eigenvalue weighted by molar-refractivity contribution is 6.05. The predicted molar refractivity (Wildman–Crippen MR) is 127 cm³/mol. The lowest BCUT2D eigenvalue weighted by molar-refractivity contribution is 0.0964. The Morgan fingerprint density at radius 1 is 1.12 bits per heavy atom. The van der Waals surface area contributed by atoms with Crippen molar-refractivity contribution < 1.29 is 4.79 Å². The number of rotatable bonds is 6.